The molecule has 2 heteroatoms. The van der Waals surface area contributed by atoms with Crippen molar-refractivity contribution in [1.29, 1.82) is 0 Å². The van der Waals surface area contributed by atoms with E-state index < -0.39 is 0 Å². The minimum absolute atomic E-state index is 0.00753. The van der Waals surface area contributed by atoms with Gasteiger partial charge in [-0.3, -0.25) is 0 Å². The van der Waals surface area contributed by atoms with Gasteiger partial charge in [-0.15, -0.1) is 11.3 Å². The molecule has 3 atom stereocenters. The van der Waals surface area contributed by atoms with Crippen LogP contribution in [0.5, 0.6) is 0 Å². The second kappa shape index (κ2) is 10.1. The molecule has 1 aromatic heterocycles. The van der Waals surface area contributed by atoms with Gasteiger partial charge >= 0.3 is 0 Å². The molecule has 0 amide bonds. The molecule has 1 heterocycles. The van der Waals surface area contributed by atoms with Gasteiger partial charge in [-0.1, -0.05) is 131 Å². The molecule has 0 radical (unpaired) electrons. The first-order chi connectivity index (χ1) is 23.3. The standard InChI is InChI=1S/C46H41NS/c1-45(2)39-23-20-31(26-37(39)43-40(45)24-22-36-35-14-8-10-16-42(35)48-44(36)43)47(30-18-17-28-11-5-6-12-29(28)25-30)32-19-21-34-33-13-7-9-15-38(33)46(3,4)41(34)27-32/h5-18,20-25,31-32,41H,19,26-27H2,1-4H3. The zero-order valence-corrected chi connectivity index (χ0v) is 29.1. The second-order valence-corrected chi connectivity index (χ2v) is 16.7. The lowest BCUT2D eigenvalue weighted by Crippen LogP contribution is -2.46. The van der Waals surface area contributed by atoms with E-state index in [-0.39, 0.29) is 16.9 Å². The number of allylic oxidation sites excluding steroid dienone is 3. The van der Waals surface area contributed by atoms with Crippen LogP contribution >= 0.6 is 11.3 Å². The third kappa shape index (κ3) is 3.90. The van der Waals surface area contributed by atoms with E-state index in [9.17, 15) is 0 Å². The zero-order valence-electron chi connectivity index (χ0n) is 28.3. The van der Waals surface area contributed by atoms with Gasteiger partial charge in [-0.05, 0) is 98.5 Å². The van der Waals surface area contributed by atoms with E-state index in [2.05, 4.69) is 154 Å². The fourth-order valence-electron chi connectivity index (χ4n) is 10.1. The van der Waals surface area contributed by atoms with Crippen molar-refractivity contribution in [2.24, 2.45) is 5.92 Å². The quantitative estimate of drug-likeness (QED) is 0.186. The first kappa shape index (κ1) is 28.6. The zero-order chi connectivity index (χ0) is 32.4. The Bertz CT molecular complexity index is 2410. The largest absolute Gasteiger partial charge is 0.361 e. The van der Waals surface area contributed by atoms with E-state index in [1.54, 1.807) is 11.1 Å². The Morgan fingerprint density at radius 3 is 2.44 bits per heavy atom. The van der Waals surface area contributed by atoms with Gasteiger partial charge in [0.1, 0.15) is 0 Å². The van der Waals surface area contributed by atoms with E-state index in [0.29, 0.717) is 12.0 Å². The summed E-state index contributed by atoms with van der Waals surface area (Å²) in [5, 5.41) is 5.42. The van der Waals surface area contributed by atoms with Crippen molar-refractivity contribution in [1.82, 2.24) is 0 Å². The minimum atomic E-state index is -0.00753. The Balaban J connectivity index is 1.10. The maximum absolute atomic E-state index is 2.83. The molecule has 236 valence electrons. The molecule has 1 nitrogen and oxygen atoms in total. The lowest BCUT2D eigenvalue weighted by atomic mass is 9.71. The van der Waals surface area contributed by atoms with Gasteiger partial charge in [-0.25, -0.2) is 0 Å². The van der Waals surface area contributed by atoms with Crippen LogP contribution in [0, 0.1) is 5.92 Å². The highest BCUT2D eigenvalue weighted by molar-refractivity contribution is 7.26. The number of anilines is 1. The van der Waals surface area contributed by atoms with Crippen LogP contribution in [-0.2, 0) is 10.8 Å². The summed E-state index contributed by atoms with van der Waals surface area (Å²) in [6.45, 7) is 9.83. The van der Waals surface area contributed by atoms with Crippen LogP contribution in [0.3, 0.4) is 0 Å². The summed E-state index contributed by atoms with van der Waals surface area (Å²) in [7, 11) is 0. The van der Waals surface area contributed by atoms with E-state index in [4.69, 9.17) is 0 Å². The third-order valence-corrected chi connectivity index (χ3v) is 13.7. The van der Waals surface area contributed by atoms with Crippen molar-refractivity contribution >= 4 is 59.1 Å². The molecule has 5 aromatic carbocycles. The molecule has 0 fully saturated rings. The topological polar surface area (TPSA) is 3.24 Å². The van der Waals surface area contributed by atoms with Crippen LogP contribution in [0.4, 0.5) is 5.69 Å². The number of nitrogens with zero attached hydrogens (tertiary/aromatic N) is 1. The van der Waals surface area contributed by atoms with Crippen LogP contribution in [0.15, 0.2) is 127 Å². The molecule has 6 aromatic rings. The summed E-state index contributed by atoms with van der Waals surface area (Å²) >= 11 is 1.98. The smallest absolute Gasteiger partial charge is 0.0520 e. The van der Waals surface area contributed by atoms with Crippen LogP contribution in [0.2, 0.25) is 0 Å². The first-order valence-corrected chi connectivity index (χ1v) is 18.6. The van der Waals surface area contributed by atoms with Crippen LogP contribution in [0.25, 0.3) is 42.1 Å². The van der Waals surface area contributed by atoms with Crippen molar-refractivity contribution in [3.63, 3.8) is 0 Å². The van der Waals surface area contributed by atoms with Crippen LogP contribution in [0.1, 0.15) is 69.2 Å². The highest BCUT2D eigenvalue weighted by Crippen LogP contribution is 2.57. The van der Waals surface area contributed by atoms with Crippen LogP contribution < -0.4 is 4.90 Å². The molecule has 0 saturated heterocycles. The summed E-state index contributed by atoms with van der Waals surface area (Å²) in [6.07, 6.45) is 10.9. The molecule has 48 heavy (non-hydrogen) atoms. The van der Waals surface area contributed by atoms with Gasteiger partial charge in [0, 0.05) is 37.3 Å². The number of fused-ring (bicyclic) bond motifs is 10. The van der Waals surface area contributed by atoms with Crippen molar-refractivity contribution in [3.8, 4) is 0 Å². The van der Waals surface area contributed by atoms with Crippen molar-refractivity contribution in [2.75, 3.05) is 4.90 Å². The molecular formula is C46H41NS. The Morgan fingerprint density at radius 1 is 0.750 bits per heavy atom. The SMILES string of the molecule is CC1(C)C2=C(CC(N(c3ccc4ccccc4c3)C3CC=C4c5ccccc5C(C)(C)C4C3)C=C2)c2c1ccc1c2sc2ccccc21. The number of rotatable bonds is 3. The minimum Gasteiger partial charge on any atom is -0.361 e. The molecule has 10 rings (SSSR count). The summed E-state index contributed by atoms with van der Waals surface area (Å²) in [6, 6.07) is 39.7. The summed E-state index contributed by atoms with van der Waals surface area (Å²) < 4.78 is 2.85. The highest BCUT2D eigenvalue weighted by Gasteiger charge is 2.47. The van der Waals surface area contributed by atoms with Gasteiger partial charge in [0.2, 0.25) is 0 Å². The number of hydrogen-bond acceptors (Lipinski definition) is 2. The van der Waals surface area contributed by atoms with E-state index in [0.717, 1.165) is 12.8 Å². The van der Waals surface area contributed by atoms with Gasteiger partial charge < -0.3 is 4.90 Å². The maximum atomic E-state index is 2.83. The first-order valence-electron chi connectivity index (χ1n) is 17.7. The number of benzene rings is 5. The number of thiophene rings is 1. The average Bonchev–Trinajstić information content (AvgIpc) is 3.68. The number of hydrogen-bond donors (Lipinski definition) is 0. The van der Waals surface area contributed by atoms with E-state index in [1.807, 2.05) is 11.3 Å². The van der Waals surface area contributed by atoms with Crippen LogP contribution in [-0.4, -0.2) is 12.1 Å². The van der Waals surface area contributed by atoms with E-state index in [1.165, 1.54) is 70.9 Å². The summed E-state index contributed by atoms with van der Waals surface area (Å²) in [5.74, 6) is 0.517. The van der Waals surface area contributed by atoms with Gasteiger partial charge in [-0.2, -0.15) is 0 Å². The lowest BCUT2D eigenvalue weighted by molar-refractivity contribution is 0.341. The summed E-state index contributed by atoms with van der Waals surface area (Å²) in [4.78, 5) is 2.83. The monoisotopic (exact) mass is 639 g/mol. The fourth-order valence-corrected chi connectivity index (χ4v) is 11.3. The third-order valence-electron chi connectivity index (χ3n) is 12.5. The highest BCUT2D eigenvalue weighted by atomic mass is 32.1. The molecule has 4 aliphatic carbocycles. The Kier molecular flexibility index (Phi) is 5.99. The Hall–Kier alpha value is -4.40. The van der Waals surface area contributed by atoms with Gasteiger partial charge in [0.25, 0.3) is 0 Å². The second-order valence-electron chi connectivity index (χ2n) is 15.7. The fraction of sp³-hybridized carbons (Fsp3) is 0.261. The maximum Gasteiger partial charge on any atom is 0.0520 e. The predicted molar refractivity (Wildman–Crippen MR) is 207 cm³/mol. The van der Waals surface area contributed by atoms with Crippen molar-refractivity contribution in [2.45, 2.75) is 69.9 Å². The van der Waals surface area contributed by atoms with Gasteiger partial charge in [0.05, 0.1) is 6.04 Å². The molecule has 3 unspecified atom stereocenters. The van der Waals surface area contributed by atoms with Crippen molar-refractivity contribution < 1.29 is 0 Å². The van der Waals surface area contributed by atoms with Gasteiger partial charge in [0.15, 0.2) is 0 Å². The molecule has 0 saturated carbocycles. The normalized spacial score (nSPS) is 23.2. The van der Waals surface area contributed by atoms with E-state index >= 15 is 0 Å². The van der Waals surface area contributed by atoms with Crippen molar-refractivity contribution in [3.05, 3.63) is 149 Å². The molecule has 4 aliphatic rings. The lowest BCUT2D eigenvalue weighted by Gasteiger charge is -2.45. The molecule has 0 bridgehead atoms. The predicted octanol–water partition coefficient (Wildman–Crippen LogP) is 12.2. The average molecular weight is 640 g/mol. The molecular weight excluding hydrogens is 599 g/mol. The molecule has 0 N–H and O–H groups in total. The molecule has 0 spiro atoms. The molecule has 0 aliphatic heterocycles. The Labute approximate surface area is 287 Å². The Morgan fingerprint density at radius 2 is 1.54 bits per heavy atom. The summed E-state index contributed by atoms with van der Waals surface area (Å²) in [5.41, 5.74) is 12.1.